The van der Waals surface area contributed by atoms with Crippen molar-refractivity contribution in [1.29, 1.82) is 0 Å². The topological polar surface area (TPSA) is 88.0 Å². The number of carbonyl (C=O) groups excluding carboxylic acids is 1. The van der Waals surface area contributed by atoms with Gasteiger partial charge in [-0.05, 0) is 39.1 Å². The standard InChI is InChI=1S/C10H8BrN3O3S/c11-8-3-1-6(18-8)5-12-10(15)7-2-4-9(13-7)14(16)17/h1-4,13H,5H2,(H,12,15). The number of H-pyrrole nitrogens is 1. The molecule has 0 unspecified atom stereocenters. The zero-order chi connectivity index (χ0) is 13.1. The molecule has 1 amide bonds. The zero-order valence-corrected chi connectivity index (χ0v) is 11.4. The first-order valence-electron chi connectivity index (χ1n) is 4.92. The number of hydrogen-bond acceptors (Lipinski definition) is 4. The molecule has 0 aromatic carbocycles. The summed E-state index contributed by atoms with van der Waals surface area (Å²) in [5, 5.41) is 13.1. The van der Waals surface area contributed by atoms with E-state index in [0.717, 1.165) is 8.66 Å². The second-order valence-corrected chi connectivity index (χ2v) is 5.95. The Balaban J connectivity index is 1.97. The minimum atomic E-state index is -0.576. The van der Waals surface area contributed by atoms with Gasteiger partial charge in [0.05, 0.1) is 10.3 Å². The number of nitrogens with one attached hydrogen (secondary N) is 2. The summed E-state index contributed by atoms with van der Waals surface area (Å²) in [6.07, 6.45) is 0. The van der Waals surface area contributed by atoms with Crippen LogP contribution < -0.4 is 5.32 Å². The monoisotopic (exact) mass is 329 g/mol. The van der Waals surface area contributed by atoms with Crippen LogP contribution in [0.1, 0.15) is 15.4 Å². The Hall–Kier alpha value is -1.67. The number of nitro groups is 1. The van der Waals surface area contributed by atoms with Crippen LogP contribution in [0.4, 0.5) is 5.82 Å². The van der Waals surface area contributed by atoms with Gasteiger partial charge in [0.25, 0.3) is 5.91 Å². The molecule has 0 saturated carbocycles. The first-order chi connectivity index (χ1) is 8.56. The third-order valence-electron chi connectivity index (χ3n) is 2.16. The van der Waals surface area contributed by atoms with Gasteiger partial charge in [-0.3, -0.25) is 4.79 Å². The number of aromatic amines is 1. The van der Waals surface area contributed by atoms with E-state index >= 15 is 0 Å². The third-order valence-corrected chi connectivity index (χ3v) is 3.79. The number of thiophene rings is 1. The second kappa shape index (κ2) is 5.32. The molecule has 8 heteroatoms. The van der Waals surface area contributed by atoms with Crippen LogP contribution in [-0.4, -0.2) is 15.8 Å². The molecule has 0 aliphatic carbocycles. The number of carbonyl (C=O) groups is 1. The Kier molecular flexibility index (Phi) is 3.78. The predicted molar refractivity (Wildman–Crippen MR) is 70.6 cm³/mol. The first kappa shape index (κ1) is 12.8. The molecule has 0 spiro atoms. The van der Waals surface area contributed by atoms with Crippen LogP contribution in [0.15, 0.2) is 28.1 Å². The van der Waals surface area contributed by atoms with Gasteiger partial charge in [0.2, 0.25) is 0 Å². The largest absolute Gasteiger partial charge is 0.358 e. The molecule has 18 heavy (non-hydrogen) atoms. The average Bonchev–Trinajstić information content (AvgIpc) is 2.94. The molecular formula is C10H8BrN3O3S. The van der Waals surface area contributed by atoms with Crippen LogP contribution in [0.2, 0.25) is 0 Å². The van der Waals surface area contributed by atoms with E-state index in [1.54, 1.807) is 0 Å². The summed E-state index contributed by atoms with van der Waals surface area (Å²) < 4.78 is 0.988. The normalized spacial score (nSPS) is 10.3. The molecule has 2 aromatic heterocycles. The minimum Gasteiger partial charge on any atom is -0.358 e. The van der Waals surface area contributed by atoms with Gasteiger partial charge in [-0.2, -0.15) is 0 Å². The highest BCUT2D eigenvalue weighted by Crippen LogP contribution is 2.21. The average molecular weight is 330 g/mol. The zero-order valence-electron chi connectivity index (χ0n) is 8.97. The molecule has 2 aromatic rings. The summed E-state index contributed by atoms with van der Waals surface area (Å²) in [4.78, 5) is 25.0. The van der Waals surface area contributed by atoms with Crippen molar-refractivity contribution >= 4 is 39.0 Å². The number of halogens is 1. The Morgan fingerprint density at radius 2 is 2.22 bits per heavy atom. The Morgan fingerprint density at radius 1 is 1.44 bits per heavy atom. The third kappa shape index (κ3) is 2.96. The maximum absolute atomic E-state index is 11.7. The van der Waals surface area contributed by atoms with Crippen molar-refractivity contribution in [2.45, 2.75) is 6.54 Å². The van der Waals surface area contributed by atoms with Crippen molar-refractivity contribution in [2.75, 3.05) is 0 Å². The van der Waals surface area contributed by atoms with Crippen LogP contribution in [0.3, 0.4) is 0 Å². The molecule has 2 heterocycles. The van der Waals surface area contributed by atoms with Crippen molar-refractivity contribution in [3.8, 4) is 0 Å². The fourth-order valence-corrected chi connectivity index (χ4v) is 2.75. The number of amides is 1. The lowest BCUT2D eigenvalue weighted by molar-refractivity contribution is -0.389. The molecule has 0 fully saturated rings. The smallest absolute Gasteiger partial charge is 0.321 e. The molecule has 0 radical (unpaired) electrons. The van der Waals surface area contributed by atoms with Gasteiger partial charge in [0, 0.05) is 10.9 Å². The molecule has 0 bridgehead atoms. The van der Waals surface area contributed by atoms with Gasteiger partial charge in [-0.1, -0.05) is 0 Å². The van der Waals surface area contributed by atoms with Crippen molar-refractivity contribution in [3.05, 3.63) is 48.7 Å². The van der Waals surface area contributed by atoms with Crippen molar-refractivity contribution < 1.29 is 9.72 Å². The maximum Gasteiger partial charge on any atom is 0.321 e. The van der Waals surface area contributed by atoms with Crippen LogP contribution in [0.25, 0.3) is 0 Å². The summed E-state index contributed by atoms with van der Waals surface area (Å²) in [7, 11) is 0. The summed E-state index contributed by atoms with van der Waals surface area (Å²) >= 11 is 4.85. The maximum atomic E-state index is 11.7. The molecule has 6 nitrogen and oxygen atoms in total. The quantitative estimate of drug-likeness (QED) is 0.667. The first-order valence-corrected chi connectivity index (χ1v) is 6.53. The van der Waals surface area contributed by atoms with Gasteiger partial charge < -0.3 is 15.4 Å². The van der Waals surface area contributed by atoms with Crippen molar-refractivity contribution in [2.24, 2.45) is 0 Å². The Bertz CT molecular complexity index is 593. The van der Waals surface area contributed by atoms with Crippen LogP contribution >= 0.6 is 27.3 Å². The SMILES string of the molecule is O=C(NCc1ccc(Br)s1)c1ccc([N+](=O)[O-])[nH]1. The van der Waals surface area contributed by atoms with Gasteiger partial charge in [-0.25, -0.2) is 4.98 Å². The summed E-state index contributed by atoms with van der Waals surface area (Å²) in [5.74, 6) is -0.563. The predicted octanol–water partition coefficient (Wildman–Crippen LogP) is 2.68. The highest BCUT2D eigenvalue weighted by atomic mass is 79.9. The fraction of sp³-hybridized carbons (Fsp3) is 0.100. The molecular weight excluding hydrogens is 322 g/mol. The molecule has 2 rings (SSSR count). The molecule has 2 N–H and O–H groups in total. The number of hydrogen-bond donors (Lipinski definition) is 2. The van der Waals surface area contributed by atoms with Crippen molar-refractivity contribution in [1.82, 2.24) is 10.3 Å². The van der Waals surface area contributed by atoms with Gasteiger partial charge in [0.15, 0.2) is 5.69 Å². The number of rotatable bonds is 4. The Labute approximate surface area is 114 Å². The van der Waals surface area contributed by atoms with E-state index in [-0.39, 0.29) is 17.4 Å². The minimum absolute atomic E-state index is 0.178. The molecule has 0 aliphatic heterocycles. The number of nitrogens with zero attached hydrogens (tertiary/aromatic N) is 1. The van der Waals surface area contributed by atoms with Gasteiger partial charge in [0.1, 0.15) is 0 Å². The molecule has 0 atom stereocenters. The van der Waals surface area contributed by atoms with E-state index in [1.165, 1.54) is 23.5 Å². The van der Waals surface area contributed by atoms with E-state index in [2.05, 4.69) is 26.2 Å². The van der Waals surface area contributed by atoms with E-state index in [9.17, 15) is 14.9 Å². The summed E-state index contributed by atoms with van der Waals surface area (Å²) in [6, 6.07) is 6.44. The summed E-state index contributed by atoms with van der Waals surface area (Å²) in [6.45, 7) is 0.391. The molecule has 0 saturated heterocycles. The van der Waals surface area contributed by atoms with Crippen LogP contribution in [0, 0.1) is 10.1 Å². The molecule has 0 aliphatic rings. The lowest BCUT2D eigenvalue weighted by Crippen LogP contribution is -2.22. The molecule has 94 valence electrons. The lowest BCUT2D eigenvalue weighted by Gasteiger charge is -1.99. The van der Waals surface area contributed by atoms with Gasteiger partial charge >= 0.3 is 5.82 Å². The van der Waals surface area contributed by atoms with Crippen molar-refractivity contribution in [3.63, 3.8) is 0 Å². The second-order valence-electron chi connectivity index (χ2n) is 3.40. The highest BCUT2D eigenvalue weighted by molar-refractivity contribution is 9.11. The van der Waals surface area contributed by atoms with E-state index < -0.39 is 4.92 Å². The number of aromatic nitrogens is 1. The Morgan fingerprint density at radius 3 is 2.78 bits per heavy atom. The van der Waals surface area contributed by atoms with E-state index in [4.69, 9.17) is 0 Å². The van der Waals surface area contributed by atoms with E-state index in [1.807, 2.05) is 12.1 Å². The van der Waals surface area contributed by atoms with Crippen LogP contribution in [-0.2, 0) is 6.54 Å². The summed E-state index contributed by atoms with van der Waals surface area (Å²) in [5.41, 5.74) is 0.178. The highest BCUT2D eigenvalue weighted by Gasteiger charge is 2.15. The lowest BCUT2D eigenvalue weighted by atomic mass is 10.4. The van der Waals surface area contributed by atoms with E-state index in [0.29, 0.717) is 6.54 Å². The van der Waals surface area contributed by atoms with Crippen LogP contribution in [0.5, 0.6) is 0 Å². The van der Waals surface area contributed by atoms with Gasteiger partial charge in [-0.15, -0.1) is 11.3 Å². The fourth-order valence-electron chi connectivity index (χ4n) is 1.33.